The first kappa shape index (κ1) is 16.7. The van der Waals surface area contributed by atoms with Gasteiger partial charge in [-0.3, -0.25) is 0 Å². The minimum atomic E-state index is -3.83. The van der Waals surface area contributed by atoms with Gasteiger partial charge in [0, 0.05) is 10.9 Å². The molecule has 1 fully saturated rings. The van der Waals surface area contributed by atoms with Gasteiger partial charge in [0.1, 0.15) is 17.0 Å². The van der Waals surface area contributed by atoms with E-state index in [2.05, 4.69) is 0 Å². The molecule has 2 aromatic carbocycles. The largest absolute Gasteiger partial charge is 0.302 e. The van der Waals surface area contributed by atoms with Gasteiger partial charge in [0.05, 0.1) is 11.0 Å². The third kappa shape index (κ3) is 2.43. The third-order valence-corrected chi connectivity index (χ3v) is 6.99. The molecule has 0 bridgehead atoms. The molecule has 1 aliphatic carbocycles. The van der Waals surface area contributed by atoms with E-state index in [0.717, 1.165) is 5.56 Å². The van der Waals surface area contributed by atoms with Gasteiger partial charge in [-0.25, -0.2) is 8.42 Å². The highest BCUT2D eigenvalue weighted by atomic mass is 35.5. The number of hydrogen-bond acceptors (Lipinski definition) is 4. The Bertz CT molecular complexity index is 930. The summed E-state index contributed by atoms with van der Waals surface area (Å²) in [7, 11) is -3.83. The fraction of sp³-hybridized carbons (Fsp3) is 0.222. The van der Waals surface area contributed by atoms with Crippen LogP contribution in [-0.2, 0) is 14.6 Å². The first-order chi connectivity index (χ1) is 11.4. The van der Waals surface area contributed by atoms with E-state index in [0.29, 0.717) is 16.9 Å². The monoisotopic (exact) mass is 359 g/mol. The first-order valence-corrected chi connectivity index (χ1v) is 9.23. The van der Waals surface area contributed by atoms with Crippen molar-refractivity contribution in [3.63, 3.8) is 0 Å². The van der Waals surface area contributed by atoms with Crippen LogP contribution in [0.2, 0.25) is 5.02 Å². The summed E-state index contributed by atoms with van der Waals surface area (Å²) in [4.78, 5) is 11.7. The molecule has 6 heteroatoms. The van der Waals surface area contributed by atoms with E-state index >= 15 is 0 Å². The van der Waals surface area contributed by atoms with E-state index in [1.54, 1.807) is 12.1 Å². The molecular formula is C18H14ClNO3S. The van der Waals surface area contributed by atoms with Crippen LogP contribution < -0.4 is 0 Å². The Balaban J connectivity index is 2.08. The van der Waals surface area contributed by atoms with E-state index in [1.807, 2.05) is 25.1 Å². The van der Waals surface area contributed by atoms with Crippen molar-refractivity contribution in [2.24, 2.45) is 5.41 Å². The Morgan fingerprint density at radius 1 is 1.12 bits per heavy atom. The Kier molecular flexibility index (Phi) is 3.98. The van der Waals surface area contributed by atoms with Crippen molar-refractivity contribution in [1.82, 2.24) is 0 Å². The number of hydrogen-bond donors (Lipinski definition) is 0. The van der Waals surface area contributed by atoms with Gasteiger partial charge in [-0.15, -0.1) is 0 Å². The molecule has 4 nitrogen and oxygen atoms in total. The lowest BCUT2D eigenvalue weighted by Crippen LogP contribution is -2.16. The SMILES string of the molecule is Cc1ccc([C@H]2[C@H](S(=O)(=O)c3ccc(Cl)cc3)[C@]2(C#N)C=O)cc1. The van der Waals surface area contributed by atoms with Gasteiger partial charge in [0.25, 0.3) is 0 Å². The zero-order valence-electron chi connectivity index (χ0n) is 12.8. The fourth-order valence-electron chi connectivity index (χ4n) is 3.11. The summed E-state index contributed by atoms with van der Waals surface area (Å²) < 4.78 is 25.9. The molecule has 0 amide bonds. The maximum atomic E-state index is 12.9. The maximum absolute atomic E-state index is 12.9. The van der Waals surface area contributed by atoms with Crippen LogP contribution in [0.3, 0.4) is 0 Å². The number of aryl methyl sites for hydroxylation is 1. The van der Waals surface area contributed by atoms with Crippen molar-refractivity contribution in [2.45, 2.75) is 23.0 Å². The van der Waals surface area contributed by atoms with E-state index in [1.165, 1.54) is 24.3 Å². The summed E-state index contributed by atoms with van der Waals surface area (Å²) in [5, 5.41) is 8.83. The lowest BCUT2D eigenvalue weighted by Gasteiger charge is -2.04. The highest BCUT2D eigenvalue weighted by molar-refractivity contribution is 7.92. The average molecular weight is 360 g/mol. The molecule has 2 aromatic rings. The number of aldehydes is 1. The molecule has 0 saturated heterocycles. The van der Waals surface area contributed by atoms with Crippen LogP contribution in [0, 0.1) is 23.7 Å². The van der Waals surface area contributed by atoms with Crippen molar-refractivity contribution in [3.8, 4) is 6.07 Å². The molecular weight excluding hydrogens is 346 g/mol. The molecule has 0 N–H and O–H groups in total. The normalized spacial score (nSPS) is 25.7. The zero-order chi connectivity index (χ0) is 17.5. The average Bonchev–Trinajstić information content (AvgIpc) is 3.26. The van der Waals surface area contributed by atoms with Crippen molar-refractivity contribution < 1.29 is 13.2 Å². The number of nitriles is 1. The van der Waals surface area contributed by atoms with Gasteiger partial charge in [-0.1, -0.05) is 41.4 Å². The molecule has 0 aromatic heterocycles. The number of carbonyl (C=O) groups excluding carboxylic acids is 1. The summed E-state index contributed by atoms with van der Waals surface area (Å²) in [6.45, 7) is 1.91. The molecule has 1 aliphatic rings. The number of carbonyl (C=O) groups is 1. The van der Waals surface area contributed by atoms with E-state index in [9.17, 15) is 18.5 Å². The van der Waals surface area contributed by atoms with Gasteiger partial charge in [-0.05, 0) is 36.8 Å². The topological polar surface area (TPSA) is 75.0 Å². The van der Waals surface area contributed by atoms with Crippen LogP contribution in [0.15, 0.2) is 53.4 Å². The van der Waals surface area contributed by atoms with E-state index in [-0.39, 0.29) is 4.90 Å². The van der Waals surface area contributed by atoms with Crippen LogP contribution in [0.1, 0.15) is 17.0 Å². The van der Waals surface area contributed by atoms with Gasteiger partial charge in [0.2, 0.25) is 0 Å². The zero-order valence-corrected chi connectivity index (χ0v) is 14.4. The van der Waals surface area contributed by atoms with Crippen LogP contribution in [0.5, 0.6) is 0 Å². The van der Waals surface area contributed by atoms with Crippen LogP contribution in [0.4, 0.5) is 0 Å². The summed E-state index contributed by atoms with van der Waals surface area (Å²) in [6.07, 6.45) is 0.468. The molecule has 1 saturated carbocycles. The molecule has 24 heavy (non-hydrogen) atoms. The summed E-state index contributed by atoms with van der Waals surface area (Å²) in [5.74, 6) is -0.665. The van der Waals surface area contributed by atoms with Crippen molar-refractivity contribution in [3.05, 3.63) is 64.7 Å². The molecule has 0 spiro atoms. The minimum absolute atomic E-state index is 0.0630. The van der Waals surface area contributed by atoms with Crippen molar-refractivity contribution in [2.75, 3.05) is 0 Å². The maximum Gasteiger partial charge on any atom is 0.183 e. The molecule has 3 atom stereocenters. The summed E-state index contributed by atoms with van der Waals surface area (Å²) in [6, 6.07) is 14.9. The van der Waals surface area contributed by atoms with Gasteiger partial charge in [0.15, 0.2) is 9.84 Å². The smallest absolute Gasteiger partial charge is 0.183 e. The summed E-state index contributed by atoms with van der Waals surface area (Å²) in [5.41, 5.74) is 0.148. The van der Waals surface area contributed by atoms with Crippen molar-refractivity contribution in [1.29, 1.82) is 5.26 Å². The van der Waals surface area contributed by atoms with Crippen LogP contribution >= 0.6 is 11.6 Å². The van der Waals surface area contributed by atoms with E-state index in [4.69, 9.17) is 11.6 Å². The molecule has 0 unspecified atom stereocenters. The van der Waals surface area contributed by atoms with Gasteiger partial charge in [-0.2, -0.15) is 5.26 Å². The van der Waals surface area contributed by atoms with E-state index < -0.39 is 26.4 Å². The third-order valence-electron chi connectivity index (χ3n) is 4.48. The molecule has 0 aliphatic heterocycles. The summed E-state index contributed by atoms with van der Waals surface area (Å²) >= 11 is 5.80. The lowest BCUT2D eigenvalue weighted by atomic mass is 10.0. The highest BCUT2D eigenvalue weighted by Gasteiger charge is 2.72. The van der Waals surface area contributed by atoms with Crippen molar-refractivity contribution >= 4 is 27.7 Å². The predicted molar refractivity (Wildman–Crippen MR) is 90.5 cm³/mol. The second kappa shape index (κ2) is 5.73. The predicted octanol–water partition coefficient (Wildman–Crippen LogP) is 3.30. The lowest BCUT2D eigenvalue weighted by molar-refractivity contribution is -0.110. The number of halogens is 1. The number of sulfone groups is 1. The number of benzene rings is 2. The van der Waals surface area contributed by atoms with Gasteiger partial charge < -0.3 is 4.79 Å². The first-order valence-electron chi connectivity index (χ1n) is 7.30. The van der Waals surface area contributed by atoms with Crippen LogP contribution in [0.25, 0.3) is 0 Å². The number of nitrogens with zero attached hydrogens (tertiary/aromatic N) is 1. The second-order valence-corrected chi connectivity index (χ2v) is 8.48. The Hall–Kier alpha value is -2.16. The molecule has 3 rings (SSSR count). The Morgan fingerprint density at radius 2 is 1.71 bits per heavy atom. The standard InChI is InChI=1S/C18H14ClNO3S/c1-12-2-4-13(5-3-12)16-17(18(16,10-20)11-21)24(22,23)15-8-6-14(19)7-9-15/h2-9,11,16-17H,1H3/t16-,17-,18+/m0/s1. The molecule has 0 heterocycles. The number of rotatable bonds is 4. The molecule has 0 radical (unpaired) electrons. The molecule has 122 valence electrons. The second-order valence-electron chi connectivity index (χ2n) is 5.97. The Morgan fingerprint density at radius 3 is 2.21 bits per heavy atom. The quantitative estimate of drug-likeness (QED) is 0.785. The van der Waals surface area contributed by atoms with Crippen LogP contribution in [-0.4, -0.2) is 20.0 Å². The highest BCUT2D eigenvalue weighted by Crippen LogP contribution is 2.62. The minimum Gasteiger partial charge on any atom is -0.302 e. The van der Waals surface area contributed by atoms with Gasteiger partial charge >= 0.3 is 0 Å². The fourth-order valence-corrected chi connectivity index (χ4v) is 5.47. The Labute approximate surface area is 145 Å².